The monoisotopic (exact) mass is 960 g/mol. The summed E-state index contributed by atoms with van der Waals surface area (Å²) >= 11 is 0. The molecule has 2 aromatic heterocycles. The van der Waals surface area contributed by atoms with E-state index in [1.54, 1.807) is 18.2 Å². The van der Waals surface area contributed by atoms with Gasteiger partial charge in [-0.05, 0) is 112 Å². The summed E-state index contributed by atoms with van der Waals surface area (Å²) in [7, 11) is 3.54. The molecule has 3 aliphatic rings. The Morgan fingerprint density at radius 3 is 2.56 bits per heavy atom. The number of nitrogens with zero attached hydrogens (tertiary/aromatic N) is 5. The maximum absolute atomic E-state index is 14.7. The summed E-state index contributed by atoms with van der Waals surface area (Å²) < 4.78 is 20.5. The molecule has 70 heavy (non-hydrogen) atoms. The van der Waals surface area contributed by atoms with Crippen LogP contribution in [0.3, 0.4) is 0 Å². The zero-order valence-corrected chi connectivity index (χ0v) is 42.8. The molecule has 4 atom stereocenters. The number of amides is 3. The molecule has 376 valence electrons. The number of rotatable bonds is 13. The number of carbonyl (C=O) groups is 4. The summed E-state index contributed by atoms with van der Waals surface area (Å²) in [6.07, 6.45) is 3.14. The largest absolute Gasteiger partial charge is 0.464 e. The third-order valence-corrected chi connectivity index (χ3v) is 14.3. The molecule has 3 aliphatic heterocycles. The van der Waals surface area contributed by atoms with Gasteiger partial charge in [0.1, 0.15) is 12.1 Å². The van der Waals surface area contributed by atoms with Crippen LogP contribution in [0.25, 0.3) is 33.3 Å². The zero-order valence-electron chi connectivity index (χ0n) is 42.8. The Balaban J connectivity index is 1.18. The molecular weight excluding hydrogens is 887 g/mol. The molecule has 2 saturated heterocycles. The average Bonchev–Trinajstić information content (AvgIpc) is 3.63. The van der Waals surface area contributed by atoms with E-state index < -0.39 is 34.9 Å². The summed E-state index contributed by atoms with van der Waals surface area (Å²) in [5.41, 5.74) is 10.0. The molecular formula is C55H73N7O8. The minimum atomic E-state index is -0.974. The van der Waals surface area contributed by atoms with E-state index in [0.717, 1.165) is 50.1 Å². The minimum Gasteiger partial charge on any atom is -0.464 e. The summed E-state index contributed by atoms with van der Waals surface area (Å²) in [5.74, 6) is 3.64. The van der Waals surface area contributed by atoms with E-state index in [1.165, 1.54) is 5.01 Å². The summed E-state index contributed by atoms with van der Waals surface area (Å²) in [6.45, 7) is 18.5. The standard InChI is InChI=1S/C55H73N7O8/c1-11-61-47-20-19-39-29-42(47)43(50(61)41-17-13-23-56-49(41)36(4)68-10)30-54(5,6)34-70-53(67)45-18-14-24-62(58-45)52(66)46(28-37-15-12-16-38(39)27-37)57-51(65)44(35(2)3)33-69-40-31-60(32-40)48(64)21-22-55(7,8)59(9)25-26-63/h12-13,15-17,19-20,23,27,29,35-36,40,44-46,58,63H,11,14,18,24-26,28,30-34H2,1-10H3,(H,57,65)/t36-,44?,45-,46-/m0/s1. The van der Waals surface area contributed by atoms with Gasteiger partial charge < -0.3 is 34.1 Å². The smallest absolute Gasteiger partial charge is 0.324 e. The Labute approximate surface area is 413 Å². The van der Waals surface area contributed by atoms with E-state index >= 15 is 0 Å². The minimum absolute atomic E-state index is 0.00590. The highest BCUT2D eigenvalue weighted by atomic mass is 16.5. The lowest BCUT2D eigenvalue weighted by Gasteiger charge is -2.39. The second-order valence-electron chi connectivity index (χ2n) is 20.8. The normalized spacial score (nSPS) is 19.8. The number of nitrogens with one attached hydrogen (secondary N) is 2. The lowest BCUT2D eigenvalue weighted by Crippen LogP contribution is -2.61. The Morgan fingerprint density at radius 1 is 1.09 bits per heavy atom. The quantitative estimate of drug-likeness (QED) is 0.107. The Morgan fingerprint density at radius 2 is 1.84 bits per heavy atom. The number of ether oxygens (including phenoxy) is 3. The van der Waals surface area contributed by atoms with Gasteiger partial charge in [0.05, 0.1) is 54.9 Å². The van der Waals surface area contributed by atoms with Gasteiger partial charge >= 0.3 is 5.97 Å². The van der Waals surface area contributed by atoms with Crippen molar-refractivity contribution >= 4 is 34.6 Å². The Bertz CT molecular complexity index is 2610. The van der Waals surface area contributed by atoms with E-state index in [1.807, 2.05) is 64.8 Å². The Kier molecular flexibility index (Phi) is 16.6. The SMILES string of the molecule is CCn1c(-c2cccnc2[C@H](C)OC)c2c3cc(ccc31)-c1cccc(c1)C[C@H](NC(=O)C(COC1CN(C(=O)C#CC(C)(C)N(C)CCO)C1)C(C)C)C(=O)N1CCC[C@H](N1)C(=O)OCC(C)(C)C2. The molecule has 15 heteroatoms. The van der Waals surface area contributed by atoms with Crippen molar-refractivity contribution in [2.45, 2.75) is 117 Å². The lowest BCUT2D eigenvalue weighted by atomic mass is 9.84. The predicted octanol–water partition coefficient (Wildman–Crippen LogP) is 5.95. The number of carbonyl (C=O) groups excluding carboxylic acids is 4. The molecule has 0 aliphatic carbocycles. The van der Waals surface area contributed by atoms with Crippen molar-refractivity contribution < 1.29 is 38.5 Å². The third kappa shape index (κ3) is 11.8. The molecule has 3 amide bonds. The first-order valence-electron chi connectivity index (χ1n) is 24.9. The number of aliphatic hydroxyl groups excluding tert-OH is 1. The second kappa shape index (κ2) is 22.2. The van der Waals surface area contributed by atoms with Crippen LogP contribution in [0.2, 0.25) is 0 Å². The molecule has 1 unspecified atom stereocenters. The van der Waals surface area contributed by atoms with Crippen LogP contribution >= 0.6 is 0 Å². The molecule has 5 heterocycles. The number of likely N-dealkylation sites (N-methyl/N-ethyl adjacent to an activating group) is 1. The zero-order chi connectivity index (χ0) is 50.5. The first kappa shape index (κ1) is 52.2. The highest BCUT2D eigenvalue weighted by Gasteiger charge is 2.38. The van der Waals surface area contributed by atoms with E-state index in [4.69, 9.17) is 19.2 Å². The second-order valence-corrected chi connectivity index (χ2v) is 20.8. The number of cyclic esters (lactones) is 1. The number of β-amino-alcohol motifs (C(OH)–C–C–N with tert-alkyl or cyclic N) is 1. The van der Waals surface area contributed by atoms with Gasteiger partial charge in [-0.1, -0.05) is 63.9 Å². The molecule has 0 radical (unpaired) electrons. The third-order valence-electron chi connectivity index (χ3n) is 14.3. The van der Waals surface area contributed by atoms with Crippen molar-refractivity contribution in [1.29, 1.82) is 0 Å². The van der Waals surface area contributed by atoms with Crippen LogP contribution in [0.15, 0.2) is 60.8 Å². The number of fused-ring (bicyclic) bond motifs is 6. The van der Waals surface area contributed by atoms with Crippen LogP contribution in [-0.4, -0.2) is 137 Å². The highest BCUT2D eigenvalue weighted by molar-refractivity contribution is 5.96. The van der Waals surface area contributed by atoms with Crippen LogP contribution in [0.1, 0.15) is 91.2 Å². The fourth-order valence-corrected chi connectivity index (χ4v) is 9.60. The molecule has 7 rings (SSSR count). The number of likely N-dealkylation sites (tertiary alicyclic amines) is 1. The van der Waals surface area contributed by atoms with E-state index in [9.17, 15) is 24.3 Å². The van der Waals surface area contributed by atoms with Gasteiger partial charge in [-0.2, -0.15) is 0 Å². The van der Waals surface area contributed by atoms with Gasteiger partial charge in [0.2, 0.25) is 5.91 Å². The van der Waals surface area contributed by atoms with Crippen LogP contribution in [-0.2, 0) is 52.8 Å². The van der Waals surface area contributed by atoms with Gasteiger partial charge in [-0.25, -0.2) is 5.43 Å². The molecule has 15 nitrogen and oxygen atoms in total. The lowest BCUT2D eigenvalue weighted by molar-refractivity contribution is -0.155. The first-order valence-corrected chi connectivity index (χ1v) is 24.9. The van der Waals surface area contributed by atoms with Crippen molar-refractivity contribution in [2.75, 3.05) is 60.2 Å². The molecule has 3 N–H and O–H groups in total. The number of pyridine rings is 1. The van der Waals surface area contributed by atoms with Gasteiger partial charge in [-0.3, -0.25) is 34.1 Å². The van der Waals surface area contributed by atoms with Crippen LogP contribution in [0, 0.1) is 29.1 Å². The number of esters is 1. The van der Waals surface area contributed by atoms with Gasteiger partial charge in [-0.15, -0.1) is 0 Å². The van der Waals surface area contributed by atoms with Gasteiger partial charge in [0, 0.05) is 74.3 Å². The molecule has 2 aromatic carbocycles. The van der Waals surface area contributed by atoms with Crippen molar-refractivity contribution in [1.82, 2.24) is 35.1 Å². The number of hydrazine groups is 1. The number of methoxy groups -OCH3 is 1. The summed E-state index contributed by atoms with van der Waals surface area (Å²) in [5, 5.41) is 15.0. The Hall–Kier alpha value is -5.63. The van der Waals surface area contributed by atoms with Crippen LogP contribution in [0.5, 0.6) is 0 Å². The molecule has 0 spiro atoms. The fraction of sp³-hybridized carbons (Fsp3) is 0.545. The molecule has 6 bridgehead atoms. The molecule has 2 fully saturated rings. The first-order chi connectivity index (χ1) is 33.3. The maximum atomic E-state index is 14.7. The maximum Gasteiger partial charge on any atom is 0.324 e. The molecule has 0 saturated carbocycles. The average molecular weight is 960 g/mol. The topological polar surface area (TPSA) is 168 Å². The van der Waals surface area contributed by atoms with Crippen molar-refractivity contribution in [3.05, 3.63) is 77.6 Å². The number of hydrogen-bond donors (Lipinski definition) is 3. The number of aliphatic hydroxyl groups is 1. The predicted molar refractivity (Wildman–Crippen MR) is 270 cm³/mol. The number of aromatic nitrogens is 2. The molecule has 4 aromatic rings. The van der Waals surface area contributed by atoms with Crippen molar-refractivity contribution in [2.24, 2.45) is 17.3 Å². The number of aryl methyl sites for hydroxylation is 1. The van der Waals surface area contributed by atoms with Gasteiger partial charge in [0.15, 0.2) is 0 Å². The van der Waals surface area contributed by atoms with Crippen molar-refractivity contribution in [3.63, 3.8) is 0 Å². The summed E-state index contributed by atoms with van der Waals surface area (Å²) in [6, 6.07) is 17.0. The number of hydrogen-bond acceptors (Lipinski definition) is 11. The fourth-order valence-electron chi connectivity index (χ4n) is 9.60. The van der Waals surface area contributed by atoms with Gasteiger partial charge in [0.25, 0.3) is 11.8 Å². The number of benzene rings is 2. The van der Waals surface area contributed by atoms with E-state index in [2.05, 4.69) is 84.3 Å². The van der Waals surface area contributed by atoms with E-state index in [0.29, 0.717) is 52.0 Å². The van der Waals surface area contributed by atoms with E-state index in [-0.39, 0.29) is 62.1 Å². The highest BCUT2D eigenvalue weighted by Crippen LogP contribution is 2.42. The van der Waals surface area contributed by atoms with Crippen molar-refractivity contribution in [3.8, 4) is 34.2 Å². The van der Waals surface area contributed by atoms with Crippen LogP contribution in [0.4, 0.5) is 0 Å². The summed E-state index contributed by atoms with van der Waals surface area (Å²) in [4.78, 5) is 64.2. The van der Waals surface area contributed by atoms with Crippen LogP contribution < -0.4 is 10.7 Å².